The summed E-state index contributed by atoms with van der Waals surface area (Å²) in [5.41, 5.74) is 1.46. The highest BCUT2D eigenvalue weighted by molar-refractivity contribution is 5.92. The Balaban J connectivity index is 1.79. The minimum absolute atomic E-state index is 0.126. The lowest BCUT2D eigenvalue weighted by Gasteiger charge is -2.25. The lowest BCUT2D eigenvalue weighted by Crippen LogP contribution is -2.33. The lowest BCUT2D eigenvalue weighted by atomic mass is 9.87. The molecule has 1 aliphatic rings. The second-order valence-electron chi connectivity index (χ2n) is 5.42. The van der Waals surface area contributed by atoms with Crippen molar-refractivity contribution in [3.63, 3.8) is 0 Å². The highest BCUT2D eigenvalue weighted by Gasteiger charge is 2.21. The van der Waals surface area contributed by atoms with Gasteiger partial charge in [0.25, 0.3) is 5.91 Å². The number of hydrogen-bond acceptors (Lipinski definition) is 3. The zero-order valence-electron chi connectivity index (χ0n) is 11.5. The Morgan fingerprint density at radius 1 is 1.58 bits per heavy atom. The van der Waals surface area contributed by atoms with Gasteiger partial charge in [-0.05, 0) is 37.7 Å². The van der Waals surface area contributed by atoms with Crippen molar-refractivity contribution >= 4 is 5.91 Å². The van der Waals surface area contributed by atoms with E-state index >= 15 is 0 Å². The monoisotopic (exact) mass is 265 g/mol. The van der Waals surface area contributed by atoms with Crippen molar-refractivity contribution in [1.29, 1.82) is 0 Å². The third-order valence-corrected chi connectivity index (χ3v) is 3.69. The maximum absolute atomic E-state index is 11.9. The molecule has 5 heteroatoms. The Morgan fingerprint density at radius 3 is 3.16 bits per heavy atom. The summed E-state index contributed by atoms with van der Waals surface area (Å²) in [6.07, 6.45) is 5.56. The maximum atomic E-state index is 11.9. The summed E-state index contributed by atoms with van der Waals surface area (Å²) in [4.78, 5) is 11.9. The summed E-state index contributed by atoms with van der Waals surface area (Å²) in [7, 11) is 0. The van der Waals surface area contributed by atoms with Gasteiger partial charge in [0.1, 0.15) is 5.69 Å². The Hall–Kier alpha value is -1.36. The summed E-state index contributed by atoms with van der Waals surface area (Å²) in [6.45, 7) is 2.72. The van der Waals surface area contributed by atoms with E-state index in [1.54, 1.807) is 0 Å². The number of nitrogens with zero attached hydrogens (tertiary/aromatic N) is 1. The first-order valence-electron chi connectivity index (χ1n) is 7.19. The number of hydrogen-bond donors (Lipinski definition) is 3. The van der Waals surface area contributed by atoms with Crippen LogP contribution in [0.2, 0.25) is 0 Å². The number of carbonyl (C=O) groups is 1. The van der Waals surface area contributed by atoms with Crippen LogP contribution in [0.4, 0.5) is 0 Å². The molecule has 2 atom stereocenters. The van der Waals surface area contributed by atoms with Gasteiger partial charge in [0, 0.05) is 12.2 Å². The molecule has 0 radical (unpaired) electrons. The van der Waals surface area contributed by atoms with Crippen molar-refractivity contribution in [2.24, 2.45) is 5.92 Å². The fourth-order valence-corrected chi connectivity index (χ4v) is 2.65. The predicted molar refractivity (Wildman–Crippen MR) is 72.9 cm³/mol. The molecule has 5 nitrogen and oxygen atoms in total. The van der Waals surface area contributed by atoms with E-state index in [4.69, 9.17) is 0 Å². The Bertz CT molecular complexity index is 417. The van der Waals surface area contributed by atoms with E-state index in [-0.39, 0.29) is 12.0 Å². The highest BCUT2D eigenvalue weighted by Crippen LogP contribution is 2.23. The molecule has 0 saturated heterocycles. The summed E-state index contributed by atoms with van der Waals surface area (Å²) >= 11 is 0. The average Bonchev–Trinajstić information content (AvgIpc) is 2.85. The molecule has 1 aromatic rings. The zero-order valence-corrected chi connectivity index (χ0v) is 11.5. The van der Waals surface area contributed by atoms with Gasteiger partial charge in [-0.1, -0.05) is 19.8 Å². The van der Waals surface area contributed by atoms with Gasteiger partial charge in [-0.15, -0.1) is 0 Å². The molecule has 2 unspecified atom stereocenters. The first kappa shape index (κ1) is 14.1. The number of amides is 1. The van der Waals surface area contributed by atoms with E-state index in [2.05, 4.69) is 22.4 Å². The second kappa shape index (κ2) is 6.70. The SMILES string of the molecule is CCCc1cc(C(=O)NCC2CCCC(O)C2)n[nH]1. The fraction of sp³-hybridized carbons (Fsp3) is 0.714. The highest BCUT2D eigenvalue weighted by atomic mass is 16.3. The van der Waals surface area contributed by atoms with Gasteiger partial charge < -0.3 is 10.4 Å². The molecular formula is C14H23N3O2. The van der Waals surface area contributed by atoms with Crippen molar-refractivity contribution in [1.82, 2.24) is 15.5 Å². The van der Waals surface area contributed by atoms with E-state index in [1.165, 1.54) is 0 Å². The number of rotatable bonds is 5. The molecule has 2 rings (SSSR count). The van der Waals surface area contributed by atoms with Crippen LogP contribution in [0.25, 0.3) is 0 Å². The van der Waals surface area contributed by atoms with Crippen molar-refractivity contribution in [3.8, 4) is 0 Å². The molecule has 0 spiro atoms. The molecule has 1 amide bonds. The van der Waals surface area contributed by atoms with Gasteiger partial charge in [0.15, 0.2) is 0 Å². The second-order valence-corrected chi connectivity index (χ2v) is 5.42. The van der Waals surface area contributed by atoms with Gasteiger partial charge in [0.2, 0.25) is 0 Å². The van der Waals surface area contributed by atoms with Crippen LogP contribution in [0.15, 0.2) is 6.07 Å². The van der Waals surface area contributed by atoms with Crippen LogP contribution in [0, 0.1) is 5.92 Å². The van der Waals surface area contributed by atoms with Gasteiger partial charge in [0.05, 0.1) is 6.10 Å². The van der Waals surface area contributed by atoms with Crippen LogP contribution in [-0.4, -0.2) is 33.9 Å². The first-order chi connectivity index (χ1) is 9.19. The summed E-state index contributed by atoms with van der Waals surface area (Å²) in [6, 6.07) is 1.81. The summed E-state index contributed by atoms with van der Waals surface area (Å²) in [5.74, 6) is 0.264. The minimum atomic E-state index is -0.197. The number of aliphatic hydroxyl groups is 1. The number of aliphatic hydroxyl groups excluding tert-OH is 1. The third-order valence-electron chi connectivity index (χ3n) is 3.69. The van der Waals surface area contributed by atoms with Crippen molar-refractivity contribution < 1.29 is 9.90 Å². The van der Waals surface area contributed by atoms with E-state index in [0.717, 1.165) is 44.2 Å². The van der Waals surface area contributed by atoms with E-state index in [9.17, 15) is 9.90 Å². The van der Waals surface area contributed by atoms with Crippen molar-refractivity contribution in [2.75, 3.05) is 6.54 Å². The number of carbonyl (C=O) groups excluding carboxylic acids is 1. The minimum Gasteiger partial charge on any atom is -0.393 e. The van der Waals surface area contributed by atoms with Gasteiger partial charge in [-0.2, -0.15) is 5.10 Å². The van der Waals surface area contributed by atoms with E-state index in [0.29, 0.717) is 18.2 Å². The van der Waals surface area contributed by atoms with Gasteiger partial charge >= 0.3 is 0 Å². The van der Waals surface area contributed by atoms with Crippen LogP contribution in [0.5, 0.6) is 0 Å². The number of aromatic amines is 1. The third kappa shape index (κ3) is 4.06. The average molecular weight is 265 g/mol. The van der Waals surface area contributed by atoms with Crippen LogP contribution >= 0.6 is 0 Å². The van der Waals surface area contributed by atoms with Crippen LogP contribution in [-0.2, 0) is 6.42 Å². The van der Waals surface area contributed by atoms with Crippen LogP contribution in [0.3, 0.4) is 0 Å². The molecule has 0 bridgehead atoms. The molecule has 106 valence electrons. The molecule has 1 saturated carbocycles. The normalized spacial score (nSPS) is 23.3. The summed E-state index contributed by atoms with van der Waals surface area (Å²) in [5, 5.41) is 19.4. The molecule has 1 heterocycles. The fourth-order valence-electron chi connectivity index (χ4n) is 2.65. The first-order valence-corrected chi connectivity index (χ1v) is 7.19. The van der Waals surface area contributed by atoms with Crippen LogP contribution in [0.1, 0.15) is 55.2 Å². The Kier molecular flexibility index (Phi) is 4.96. The predicted octanol–water partition coefficient (Wildman–Crippen LogP) is 1.64. The lowest BCUT2D eigenvalue weighted by molar-refractivity contribution is 0.0870. The Labute approximate surface area is 113 Å². The molecule has 0 aromatic carbocycles. The Morgan fingerprint density at radius 2 is 2.42 bits per heavy atom. The number of H-pyrrole nitrogens is 1. The quantitative estimate of drug-likeness (QED) is 0.757. The number of aryl methyl sites for hydroxylation is 1. The van der Waals surface area contributed by atoms with E-state index < -0.39 is 0 Å². The molecule has 19 heavy (non-hydrogen) atoms. The van der Waals surface area contributed by atoms with Crippen molar-refractivity contribution in [2.45, 2.75) is 51.6 Å². The van der Waals surface area contributed by atoms with E-state index in [1.807, 2.05) is 6.07 Å². The maximum Gasteiger partial charge on any atom is 0.271 e. The van der Waals surface area contributed by atoms with Crippen molar-refractivity contribution in [3.05, 3.63) is 17.5 Å². The molecule has 1 fully saturated rings. The van der Waals surface area contributed by atoms with Gasteiger partial charge in [-0.25, -0.2) is 0 Å². The largest absolute Gasteiger partial charge is 0.393 e. The van der Waals surface area contributed by atoms with Gasteiger partial charge in [-0.3, -0.25) is 9.89 Å². The molecular weight excluding hydrogens is 242 g/mol. The smallest absolute Gasteiger partial charge is 0.271 e. The molecule has 1 aromatic heterocycles. The zero-order chi connectivity index (χ0) is 13.7. The van der Waals surface area contributed by atoms with Crippen LogP contribution < -0.4 is 5.32 Å². The molecule has 3 N–H and O–H groups in total. The standard InChI is InChI=1S/C14H23N3O2/c1-2-4-11-8-13(17-16-11)14(19)15-9-10-5-3-6-12(18)7-10/h8,10,12,18H,2-7,9H2,1H3,(H,15,19)(H,16,17). The summed E-state index contributed by atoms with van der Waals surface area (Å²) < 4.78 is 0. The number of aromatic nitrogens is 2. The molecule has 1 aliphatic carbocycles. The number of nitrogens with one attached hydrogen (secondary N) is 2. The molecule has 0 aliphatic heterocycles. The topological polar surface area (TPSA) is 78.0 Å².